The first-order chi connectivity index (χ1) is 7.89. The lowest BCUT2D eigenvalue weighted by Gasteiger charge is -2.28. The summed E-state index contributed by atoms with van der Waals surface area (Å²) in [6, 6.07) is -0.540. The average molecular weight is 259 g/mol. The van der Waals surface area contributed by atoms with E-state index in [4.69, 9.17) is 0 Å². The summed E-state index contributed by atoms with van der Waals surface area (Å²) in [6.45, 7) is 0. The summed E-state index contributed by atoms with van der Waals surface area (Å²) in [7, 11) is -3.13. The predicted octanol–water partition coefficient (Wildman–Crippen LogP) is -2.10. The van der Waals surface area contributed by atoms with Gasteiger partial charge < -0.3 is 9.90 Å². The highest BCUT2D eigenvalue weighted by molar-refractivity contribution is 7.91. The number of hydrazone groups is 1. The Kier molecular flexibility index (Phi) is 2.90. The number of sulfone groups is 1. The molecule has 1 amide bonds. The van der Waals surface area contributed by atoms with Crippen molar-refractivity contribution in [2.75, 3.05) is 11.5 Å². The number of rotatable bonds is 2. The van der Waals surface area contributed by atoms with Crippen LogP contribution in [0.15, 0.2) is 5.10 Å². The van der Waals surface area contributed by atoms with Crippen LogP contribution in [0.25, 0.3) is 0 Å². The van der Waals surface area contributed by atoms with Crippen molar-refractivity contribution in [2.45, 2.75) is 25.3 Å². The Labute approximate surface area is 98.0 Å². The quantitative estimate of drug-likeness (QED) is 0.564. The summed E-state index contributed by atoms with van der Waals surface area (Å²) in [5.74, 6) is -1.89. The second kappa shape index (κ2) is 4.10. The smallest absolute Gasteiger partial charge is 0.243 e. The number of hydrogen-bond acceptors (Lipinski definition) is 6. The van der Waals surface area contributed by atoms with Gasteiger partial charge in [-0.2, -0.15) is 5.10 Å². The van der Waals surface area contributed by atoms with Crippen LogP contribution in [0.3, 0.4) is 0 Å². The monoisotopic (exact) mass is 259 g/mol. The van der Waals surface area contributed by atoms with Crippen molar-refractivity contribution in [3.8, 4) is 0 Å². The zero-order valence-electron chi connectivity index (χ0n) is 8.96. The van der Waals surface area contributed by atoms with Crippen LogP contribution in [0.4, 0.5) is 0 Å². The third-order valence-corrected chi connectivity index (χ3v) is 4.60. The van der Waals surface area contributed by atoms with Gasteiger partial charge in [0.25, 0.3) is 0 Å². The first-order valence-electron chi connectivity index (χ1n) is 5.20. The van der Waals surface area contributed by atoms with Crippen LogP contribution in [0.2, 0.25) is 0 Å². The Bertz CT molecular complexity index is 496. The molecular formula is C9H11N2O5S-. The summed E-state index contributed by atoms with van der Waals surface area (Å²) in [5, 5.41) is 15.3. The van der Waals surface area contributed by atoms with Gasteiger partial charge in [-0.3, -0.25) is 4.79 Å². The summed E-state index contributed by atoms with van der Waals surface area (Å²) in [5.41, 5.74) is -0.200. The Morgan fingerprint density at radius 2 is 2.12 bits per heavy atom. The van der Waals surface area contributed by atoms with Crippen LogP contribution < -0.4 is 5.11 Å². The molecule has 0 aromatic rings. The van der Waals surface area contributed by atoms with E-state index in [2.05, 4.69) is 5.10 Å². The zero-order valence-corrected chi connectivity index (χ0v) is 9.77. The maximum Gasteiger partial charge on any atom is 0.243 e. The number of nitrogens with zero attached hydrogens (tertiary/aromatic N) is 2. The van der Waals surface area contributed by atoms with Gasteiger partial charge in [-0.05, 0) is 6.42 Å². The van der Waals surface area contributed by atoms with Gasteiger partial charge in [0, 0.05) is 12.8 Å². The third kappa shape index (κ3) is 2.46. The molecule has 1 saturated heterocycles. The van der Waals surface area contributed by atoms with Crippen molar-refractivity contribution in [3.05, 3.63) is 0 Å². The van der Waals surface area contributed by atoms with Gasteiger partial charge in [0.1, 0.15) is 0 Å². The van der Waals surface area contributed by atoms with Gasteiger partial charge in [-0.1, -0.05) is 0 Å². The minimum absolute atomic E-state index is 0.0115. The van der Waals surface area contributed by atoms with Crippen molar-refractivity contribution in [2.24, 2.45) is 5.10 Å². The SMILES string of the molecule is O=C([O-])C1=NN([C@@H]2CCS(=O)(=O)C2)C(=O)CC1. The molecule has 8 heteroatoms. The second-order valence-electron chi connectivity index (χ2n) is 4.13. The molecule has 17 heavy (non-hydrogen) atoms. The number of aliphatic carboxylic acids is 1. The molecule has 0 spiro atoms. The van der Waals surface area contributed by atoms with Gasteiger partial charge in [0.15, 0.2) is 9.84 Å². The fraction of sp³-hybridized carbons (Fsp3) is 0.667. The number of carbonyl (C=O) groups is 2. The summed E-state index contributed by atoms with van der Waals surface area (Å²) in [4.78, 5) is 22.2. The first kappa shape index (κ1) is 12.0. The molecule has 0 radical (unpaired) electrons. The van der Waals surface area contributed by atoms with E-state index in [-0.39, 0.29) is 36.0 Å². The molecule has 2 aliphatic rings. The molecule has 0 N–H and O–H groups in total. The van der Waals surface area contributed by atoms with Crippen LogP contribution in [0.5, 0.6) is 0 Å². The second-order valence-corrected chi connectivity index (χ2v) is 6.36. The van der Waals surface area contributed by atoms with Crippen LogP contribution in [-0.4, -0.2) is 48.6 Å². The molecule has 2 rings (SSSR count). The average Bonchev–Trinajstić information content (AvgIpc) is 2.59. The van der Waals surface area contributed by atoms with Gasteiger partial charge in [0.05, 0.1) is 29.2 Å². The summed E-state index contributed by atoms with van der Waals surface area (Å²) >= 11 is 0. The molecule has 0 aromatic heterocycles. The van der Waals surface area contributed by atoms with E-state index in [1.807, 2.05) is 0 Å². The maximum atomic E-state index is 11.6. The number of amides is 1. The van der Waals surface area contributed by atoms with Crippen LogP contribution >= 0.6 is 0 Å². The highest BCUT2D eigenvalue weighted by Crippen LogP contribution is 2.21. The standard InChI is InChI=1S/C9H12N2O5S/c12-8-2-1-7(9(13)14)10-11(8)6-3-4-17(15,16)5-6/h6H,1-5H2,(H,13,14)/p-1/t6-/m1/s1. The molecule has 2 heterocycles. The van der Waals surface area contributed by atoms with Gasteiger partial charge in [-0.15, -0.1) is 0 Å². The van der Waals surface area contributed by atoms with E-state index < -0.39 is 21.8 Å². The van der Waals surface area contributed by atoms with E-state index in [0.717, 1.165) is 5.01 Å². The van der Waals surface area contributed by atoms with E-state index in [1.54, 1.807) is 0 Å². The van der Waals surface area contributed by atoms with E-state index in [1.165, 1.54) is 0 Å². The van der Waals surface area contributed by atoms with E-state index >= 15 is 0 Å². The summed E-state index contributed by atoms with van der Waals surface area (Å²) in [6.07, 6.45) is 0.373. The number of hydrogen-bond donors (Lipinski definition) is 0. The molecule has 0 aromatic carbocycles. The molecule has 0 aliphatic carbocycles. The topological polar surface area (TPSA) is 107 Å². The van der Waals surface area contributed by atoms with Crippen molar-refractivity contribution in [3.63, 3.8) is 0 Å². The van der Waals surface area contributed by atoms with E-state index in [0.29, 0.717) is 6.42 Å². The largest absolute Gasteiger partial charge is 0.543 e. The number of carboxylic acids is 1. The van der Waals surface area contributed by atoms with E-state index in [9.17, 15) is 23.1 Å². The maximum absolute atomic E-state index is 11.6. The van der Waals surface area contributed by atoms with Crippen molar-refractivity contribution >= 4 is 27.4 Å². The normalized spacial score (nSPS) is 28.0. The molecule has 0 saturated carbocycles. The Morgan fingerprint density at radius 3 is 2.65 bits per heavy atom. The molecule has 0 unspecified atom stereocenters. The van der Waals surface area contributed by atoms with Gasteiger partial charge in [-0.25, -0.2) is 13.4 Å². The number of carboxylic acid groups (broad SMARTS) is 1. The Morgan fingerprint density at radius 1 is 1.41 bits per heavy atom. The molecule has 2 aliphatic heterocycles. The molecule has 7 nitrogen and oxygen atoms in total. The predicted molar refractivity (Wildman–Crippen MR) is 55.6 cm³/mol. The highest BCUT2D eigenvalue weighted by Gasteiger charge is 2.36. The summed E-state index contributed by atoms with van der Waals surface area (Å²) < 4.78 is 22.6. The fourth-order valence-corrected chi connectivity index (χ4v) is 3.66. The lowest BCUT2D eigenvalue weighted by atomic mass is 10.1. The van der Waals surface area contributed by atoms with Crippen LogP contribution in [0.1, 0.15) is 19.3 Å². The van der Waals surface area contributed by atoms with Gasteiger partial charge >= 0.3 is 0 Å². The Hall–Kier alpha value is -1.44. The molecule has 0 bridgehead atoms. The third-order valence-electron chi connectivity index (χ3n) is 2.85. The van der Waals surface area contributed by atoms with Crippen molar-refractivity contribution in [1.29, 1.82) is 0 Å². The lowest BCUT2D eigenvalue weighted by Crippen LogP contribution is -2.44. The highest BCUT2D eigenvalue weighted by atomic mass is 32.2. The van der Waals surface area contributed by atoms with Crippen LogP contribution in [-0.2, 0) is 19.4 Å². The first-order valence-corrected chi connectivity index (χ1v) is 7.02. The minimum atomic E-state index is -3.13. The van der Waals surface area contributed by atoms with Crippen LogP contribution in [0, 0.1) is 0 Å². The van der Waals surface area contributed by atoms with Crippen molar-refractivity contribution in [1.82, 2.24) is 5.01 Å². The molecular weight excluding hydrogens is 248 g/mol. The lowest BCUT2D eigenvalue weighted by molar-refractivity contribution is -0.294. The Balaban J connectivity index is 2.22. The number of carbonyl (C=O) groups excluding carboxylic acids is 2. The van der Waals surface area contributed by atoms with Gasteiger partial charge in [0.2, 0.25) is 5.91 Å². The minimum Gasteiger partial charge on any atom is -0.543 e. The molecule has 1 atom stereocenters. The molecule has 94 valence electrons. The fourth-order valence-electron chi connectivity index (χ4n) is 1.97. The van der Waals surface area contributed by atoms with Crippen molar-refractivity contribution < 1.29 is 23.1 Å². The zero-order chi connectivity index (χ0) is 12.6. The molecule has 1 fully saturated rings.